The zero-order chi connectivity index (χ0) is 13.3. The molecule has 0 saturated heterocycles. The van der Waals surface area contributed by atoms with Gasteiger partial charge in [0.25, 0.3) is 0 Å². The van der Waals surface area contributed by atoms with Crippen molar-refractivity contribution < 1.29 is 9.53 Å². The predicted octanol–water partition coefficient (Wildman–Crippen LogP) is 3.79. The molecule has 3 heteroatoms. The minimum absolute atomic E-state index is 0.0982. The summed E-state index contributed by atoms with van der Waals surface area (Å²) in [5.74, 6) is 1.71. The van der Waals surface area contributed by atoms with Crippen molar-refractivity contribution in [2.24, 2.45) is 11.8 Å². The maximum absolute atomic E-state index is 12.2. The number of ether oxygens (including phenoxy) is 1. The van der Waals surface area contributed by atoms with E-state index in [1.807, 2.05) is 13.0 Å². The van der Waals surface area contributed by atoms with E-state index >= 15 is 0 Å². The monoisotopic (exact) mass is 310 g/mol. The lowest BCUT2D eigenvalue weighted by molar-refractivity contribution is -0.122. The Kier molecular flexibility index (Phi) is 4.10. The van der Waals surface area contributed by atoms with Gasteiger partial charge in [-0.05, 0) is 23.6 Å². The fraction of sp³-hybridized carbons (Fsp3) is 0.533. The van der Waals surface area contributed by atoms with Gasteiger partial charge in [-0.2, -0.15) is 0 Å². The van der Waals surface area contributed by atoms with E-state index in [0.717, 1.165) is 28.8 Å². The summed E-state index contributed by atoms with van der Waals surface area (Å²) in [6.45, 7) is 6.91. The molecule has 1 aliphatic rings. The molecule has 0 aromatic heterocycles. The second kappa shape index (κ2) is 5.43. The van der Waals surface area contributed by atoms with Crippen molar-refractivity contribution in [2.45, 2.75) is 33.6 Å². The summed E-state index contributed by atoms with van der Waals surface area (Å²) >= 11 is 3.50. The zero-order valence-electron chi connectivity index (χ0n) is 11.1. The molecule has 1 aromatic carbocycles. The van der Waals surface area contributed by atoms with Gasteiger partial charge in [0, 0.05) is 28.8 Å². The highest BCUT2D eigenvalue weighted by Gasteiger charge is 2.22. The number of rotatable bonds is 4. The first-order chi connectivity index (χ1) is 8.49. The Morgan fingerprint density at radius 3 is 2.78 bits per heavy atom. The van der Waals surface area contributed by atoms with Gasteiger partial charge in [-0.25, -0.2) is 0 Å². The van der Waals surface area contributed by atoms with Gasteiger partial charge >= 0.3 is 0 Å². The molecule has 2 nitrogen and oxygen atoms in total. The normalized spacial score (nSPS) is 15.4. The van der Waals surface area contributed by atoms with Crippen molar-refractivity contribution in [1.29, 1.82) is 0 Å². The summed E-state index contributed by atoms with van der Waals surface area (Å²) in [6.07, 6.45) is 1.41. The predicted molar refractivity (Wildman–Crippen MR) is 76.1 cm³/mol. The first-order valence-electron chi connectivity index (χ1n) is 6.46. The van der Waals surface area contributed by atoms with Gasteiger partial charge in [-0.3, -0.25) is 4.79 Å². The molecular weight excluding hydrogens is 292 g/mol. The summed E-state index contributed by atoms with van der Waals surface area (Å²) in [5.41, 5.74) is 2.23. The van der Waals surface area contributed by atoms with Crippen LogP contribution in [-0.2, 0) is 17.6 Å². The lowest BCUT2D eigenvalue weighted by atomic mass is 9.89. The van der Waals surface area contributed by atoms with Crippen molar-refractivity contribution >= 4 is 21.7 Å². The molecule has 98 valence electrons. The molecule has 1 atom stereocenters. The number of carbonyl (C=O) groups is 1. The number of ketones is 1. The SMILES string of the molecule is CC(C)C(C)C(=O)Cc1cc(Br)cc2c1OCC2. The van der Waals surface area contributed by atoms with E-state index in [1.54, 1.807) is 0 Å². The topological polar surface area (TPSA) is 26.3 Å². The van der Waals surface area contributed by atoms with Gasteiger partial charge in [0.2, 0.25) is 0 Å². The van der Waals surface area contributed by atoms with E-state index in [1.165, 1.54) is 5.56 Å². The Hall–Kier alpha value is -0.830. The van der Waals surface area contributed by atoms with Gasteiger partial charge in [0.15, 0.2) is 0 Å². The number of hydrogen-bond donors (Lipinski definition) is 0. The van der Waals surface area contributed by atoms with Crippen LogP contribution in [0.2, 0.25) is 0 Å². The van der Waals surface area contributed by atoms with Crippen LogP contribution in [0.15, 0.2) is 16.6 Å². The molecule has 0 saturated carbocycles. The lowest BCUT2D eigenvalue weighted by Crippen LogP contribution is -2.19. The summed E-state index contributed by atoms with van der Waals surface area (Å²) in [4.78, 5) is 12.2. The standard InChI is InChI=1S/C15H19BrO2/c1-9(2)10(3)14(17)8-12-7-13(16)6-11-4-5-18-15(11)12/h6-7,9-10H,4-5,8H2,1-3H3. The number of benzene rings is 1. The Morgan fingerprint density at radius 1 is 1.39 bits per heavy atom. The number of fused-ring (bicyclic) bond motifs is 1. The van der Waals surface area contributed by atoms with Crippen LogP contribution in [0.25, 0.3) is 0 Å². The van der Waals surface area contributed by atoms with Gasteiger partial charge in [0.1, 0.15) is 11.5 Å². The van der Waals surface area contributed by atoms with E-state index in [0.29, 0.717) is 18.1 Å². The molecule has 0 spiro atoms. The molecule has 2 rings (SSSR count). The molecule has 0 bridgehead atoms. The van der Waals surface area contributed by atoms with Crippen molar-refractivity contribution in [3.05, 3.63) is 27.7 Å². The largest absolute Gasteiger partial charge is 0.493 e. The quantitative estimate of drug-likeness (QED) is 0.846. The summed E-state index contributed by atoms with van der Waals surface area (Å²) in [7, 11) is 0. The molecule has 0 radical (unpaired) electrons. The van der Waals surface area contributed by atoms with Crippen LogP contribution >= 0.6 is 15.9 Å². The molecule has 0 amide bonds. The average Bonchev–Trinajstić information content (AvgIpc) is 2.75. The maximum Gasteiger partial charge on any atom is 0.140 e. The third-order valence-corrected chi connectivity index (χ3v) is 4.16. The summed E-state index contributed by atoms with van der Waals surface area (Å²) in [5, 5.41) is 0. The molecule has 1 heterocycles. The van der Waals surface area contributed by atoms with Crippen LogP contribution in [0.1, 0.15) is 31.9 Å². The Bertz CT molecular complexity index is 466. The van der Waals surface area contributed by atoms with Gasteiger partial charge in [-0.15, -0.1) is 0 Å². The zero-order valence-corrected chi connectivity index (χ0v) is 12.7. The van der Waals surface area contributed by atoms with E-state index in [9.17, 15) is 4.79 Å². The highest BCUT2D eigenvalue weighted by atomic mass is 79.9. The average molecular weight is 311 g/mol. The minimum Gasteiger partial charge on any atom is -0.493 e. The first kappa shape index (κ1) is 13.6. The van der Waals surface area contributed by atoms with Crippen LogP contribution in [0, 0.1) is 11.8 Å². The molecule has 0 fully saturated rings. The van der Waals surface area contributed by atoms with Crippen LogP contribution in [0.4, 0.5) is 0 Å². The molecule has 1 unspecified atom stereocenters. The van der Waals surface area contributed by atoms with Crippen molar-refractivity contribution in [3.8, 4) is 5.75 Å². The van der Waals surface area contributed by atoms with E-state index in [-0.39, 0.29) is 5.92 Å². The number of carbonyl (C=O) groups excluding carboxylic acids is 1. The number of halogens is 1. The van der Waals surface area contributed by atoms with Gasteiger partial charge in [0.05, 0.1) is 6.61 Å². The van der Waals surface area contributed by atoms with Crippen LogP contribution in [0.5, 0.6) is 5.75 Å². The lowest BCUT2D eigenvalue weighted by Gasteiger charge is -2.15. The fourth-order valence-corrected chi connectivity index (χ4v) is 2.75. The van der Waals surface area contributed by atoms with Gasteiger partial charge < -0.3 is 4.74 Å². The highest BCUT2D eigenvalue weighted by molar-refractivity contribution is 9.10. The third kappa shape index (κ3) is 2.77. The van der Waals surface area contributed by atoms with Gasteiger partial charge in [-0.1, -0.05) is 36.7 Å². The number of Topliss-reactive ketones (excluding diaryl/α,β-unsaturated/α-hetero) is 1. The maximum atomic E-state index is 12.2. The summed E-state index contributed by atoms with van der Waals surface area (Å²) in [6, 6.07) is 4.09. The molecule has 18 heavy (non-hydrogen) atoms. The third-order valence-electron chi connectivity index (χ3n) is 3.70. The minimum atomic E-state index is 0.0982. The van der Waals surface area contributed by atoms with Crippen molar-refractivity contribution in [1.82, 2.24) is 0 Å². The van der Waals surface area contributed by atoms with Crippen LogP contribution < -0.4 is 4.74 Å². The summed E-state index contributed by atoms with van der Waals surface area (Å²) < 4.78 is 6.69. The molecular formula is C15H19BrO2. The fourth-order valence-electron chi connectivity index (χ4n) is 2.20. The molecule has 1 aliphatic heterocycles. The number of hydrogen-bond acceptors (Lipinski definition) is 2. The first-order valence-corrected chi connectivity index (χ1v) is 7.25. The highest BCUT2D eigenvalue weighted by Crippen LogP contribution is 2.34. The van der Waals surface area contributed by atoms with Crippen LogP contribution in [0.3, 0.4) is 0 Å². The molecule has 1 aromatic rings. The second-order valence-electron chi connectivity index (χ2n) is 5.33. The van der Waals surface area contributed by atoms with E-state index < -0.39 is 0 Å². The second-order valence-corrected chi connectivity index (χ2v) is 6.24. The van der Waals surface area contributed by atoms with E-state index in [4.69, 9.17) is 4.74 Å². The molecule has 0 aliphatic carbocycles. The van der Waals surface area contributed by atoms with Crippen molar-refractivity contribution in [2.75, 3.05) is 6.61 Å². The van der Waals surface area contributed by atoms with Crippen LogP contribution in [-0.4, -0.2) is 12.4 Å². The smallest absolute Gasteiger partial charge is 0.140 e. The Labute approximate surface area is 117 Å². The molecule has 0 N–H and O–H groups in total. The Morgan fingerprint density at radius 2 is 2.11 bits per heavy atom. The van der Waals surface area contributed by atoms with E-state index in [2.05, 4.69) is 35.8 Å². The Balaban J connectivity index is 2.22. The van der Waals surface area contributed by atoms with Crippen molar-refractivity contribution in [3.63, 3.8) is 0 Å².